The fourth-order valence-electron chi connectivity index (χ4n) is 2.59. The third kappa shape index (κ3) is 6.09. The number of amides is 1. The van der Waals surface area contributed by atoms with Gasteiger partial charge in [-0.3, -0.25) is 4.79 Å². The number of nitrogen functional groups attached to an aromatic ring is 1. The van der Waals surface area contributed by atoms with E-state index in [1.807, 2.05) is 6.08 Å². The van der Waals surface area contributed by atoms with Crippen LogP contribution in [-0.2, 0) is 6.54 Å². The molecule has 2 aromatic rings. The highest BCUT2D eigenvalue weighted by Crippen LogP contribution is 2.21. The number of carbonyl (C=O) groups excluding carboxylic acids is 1. The van der Waals surface area contributed by atoms with Crippen LogP contribution in [0.1, 0.15) is 47.3 Å². The molecule has 0 spiro atoms. The molecule has 5 nitrogen and oxygen atoms in total. The van der Waals surface area contributed by atoms with Gasteiger partial charge in [0.15, 0.2) is 11.6 Å². The lowest BCUT2D eigenvalue weighted by atomic mass is 10.1. The molecule has 6 heteroatoms. The largest absolute Gasteiger partial charge is 0.491 e. The van der Waals surface area contributed by atoms with Gasteiger partial charge in [0.1, 0.15) is 5.82 Å². The van der Waals surface area contributed by atoms with E-state index in [2.05, 4.69) is 16.9 Å². The van der Waals surface area contributed by atoms with Crippen LogP contribution in [0.15, 0.2) is 43.0 Å². The van der Waals surface area contributed by atoms with Gasteiger partial charge in [-0.2, -0.15) is 0 Å². The molecule has 27 heavy (non-hydrogen) atoms. The lowest BCUT2D eigenvalue weighted by Crippen LogP contribution is -2.24. The number of carbonyl (C=O) groups is 1. The van der Waals surface area contributed by atoms with Crippen molar-refractivity contribution < 1.29 is 13.9 Å². The van der Waals surface area contributed by atoms with E-state index < -0.39 is 11.7 Å². The number of nitrogens with two attached hydrogens (primary N) is 1. The Morgan fingerprint density at radius 2 is 2.11 bits per heavy atom. The number of unbranched alkanes of at least 4 members (excludes halogenated alkanes) is 3. The Kier molecular flexibility index (Phi) is 7.79. The first-order valence-corrected chi connectivity index (χ1v) is 9.05. The number of pyridine rings is 1. The van der Waals surface area contributed by atoms with E-state index in [4.69, 9.17) is 10.5 Å². The number of ether oxygens (including phenoxy) is 1. The number of aromatic nitrogens is 1. The van der Waals surface area contributed by atoms with E-state index in [0.717, 1.165) is 31.4 Å². The Labute approximate surface area is 159 Å². The van der Waals surface area contributed by atoms with Crippen molar-refractivity contribution in [2.24, 2.45) is 0 Å². The average Bonchev–Trinajstić information content (AvgIpc) is 2.64. The van der Waals surface area contributed by atoms with Gasteiger partial charge >= 0.3 is 0 Å². The van der Waals surface area contributed by atoms with Crippen molar-refractivity contribution in [3.63, 3.8) is 0 Å². The molecule has 1 aromatic heterocycles. The first-order chi connectivity index (χ1) is 13.0. The highest BCUT2D eigenvalue weighted by atomic mass is 19.1. The molecule has 1 heterocycles. The fraction of sp³-hybridized carbons (Fsp3) is 0.333. The summed E-state index contributed by atoms with van der Waals surface area (Å²) in [6.45, 7) is 5.96. The van der Waals surface area contributed by atoms with E-state index in [1.165, 1.54) is 0 Å². The minimum atomic E-state index is -0.459. The minimum absolute atomic E-state index is 0.0362. The Bertz CT molecular complexity index is 793. The van der Waals surface area contributed by atoms with E-state index in [1.54, 1.807) is 37.3 Å². The van der Waals surface area contributed by atoms with Crippen molar-refractivity contribution >= 4 is 11.7 Å². The fourth-order valence-corrected chi connectivity index (χ4v) is 2.59. The zero-order valence-corrected chi connectivity index (χ0v) is 15.6. The number of allylic oxidation sites excluding steroid dienone is 1. The Balaban J connectivity index is 1.91. The maximum absolute atomic E-state index is 14.6. The number of benzene rings is 1. The number of aryl methyl sites for hydroxylation is 1. The zero-order valence-electron chi connectivity index (χ0n) is 15.6. The highest BCUT2D eigenvalue weighted by Gasteiger charge is 2.13. The lowest BCUT2D eigenvalue weighted by molar-refractivity contribution is 0.0951. The summed E-state index contributed by atoms with van der Waals surface area (Å²) in [7, 11) is 0. The molecule has 0 saturated heterocycles. The van der Waals surface area contributed by atoms with E-state index in [0.29, 0.717) is 12.2 Å². The smallest absolute Gasteiger partial charge is 0.255 e. The van der Waals surface area contributed by atoms with Crippen LogP contribution < -0.4 is 15.8 Å². The van der Waals surface area contributed by atoms with Crippen molar-refractivity contribution in [1.82, 2.24) is 10.3 Å². The molecule has 1 amide bonds. The molecular weight excluding hydrogens is 345 g/mol. The van der Waals surface area contributed by atoms with Crippen LogP contribution in [-0.4, -0.2) is 17.5 Å². The maximum Gasteiger partial charge on any atom is 0.255 e. The number of hydrogen-bond acceptors (Lipinski definition) is 4. The molecule has 0 fully saturated rings. The number of halogens is 1. The average molecular weight is 371 g/mol. The van der Waals surface area contributed by atoms with Crippen molar-refractivity contribution in [1.29, 1.82) is 0 Å². The summed E-state index contributed by atoms with van der Waals surface area (Å²) in [4.78, 5) is 16.3. The molecule has 0 aliphatic rings. The highest BCUT2D eigenvalue weighted by molar-refractivity contribution is 5.98. The molecule has 0 bridgehead atoms. The van der Waals surface area contributed by atoms with Crippen LogP contribution in [0.4, 0.5) is 10.2 Å². The van der Waals surface area contributed by atoms with E-state index in [9.17, 15) is 9.18 Å². The molecule has 0 radical (unpaired) electrons. The van der Waals surface area contributed by atoms with Crippen molar-refractivity contribution in [3.05, 3.63) is 65.6 Å². The third-order valence-electron chi connectivity index (χ3n) is 4.10. The number of nitrogens with zero attached hydrogens (tertiary/aromatic N) is 1. The lowest BCUT2D eigenvalue weighted by Gasteiger charge is -2.11. The number of hydrogen-bond donors (Lipinski definition) is 2. The molecule has 0 atom stereocenters. The predicted octanol–water partition coefficient (Wildman–Crippen LogP) is 4.17. The number of anilines is 1. The SMILES string of the molecule is C=CCCCCCOc1cccc(CNC(=O)c2ccc(C)nc2N)c1F. The molecule has 3 N–H and O–H groups in total. The van der Waals surface area contributed by atoms with E-state index in [-0.39, 0.29) is 23.7 Å². The van der Waals surface area contributed by atoms with Crippen molar-refractivity contribution in [2.45, 2.75) is 39.2 Å². The third-order valence-corrected chi connectivity index (χ3v) is 4.10. The maximum atomic E-state index is 14.6. The second-order valence-electron chi connectivity index (χ2n) is 6.28. The van der Waals surface area contributed by atoms with Crippen molar-refractivity contribution in [2.75, 3.05) is 12.3 Å². The molecule has 0 unspecified atom stereocenters. The summed E-state index contributed by atoms with van der Waals surface area (Å²) in [6.07, 6.45) is 5.78. The summed E-state index contributed by atoms with van der Waals surface area (Å²) in [5.74, 6) is -0.504. The van der Waals surface area contributed by atoms with Gasteiger partial charge in [0.25, 0.3) is 5.91 Å². The summed E-state index contributed by atoms with van der Waals surface area (Å²) in [5.41, 5.74) is 7.12. The quantitative estimate of drug-likeness (QED) is 0.485. The van der Waals surface area contributed by atoms with Crippen molar-refractivity contribution in [3.8, 4) is 5.75 Å². The van der Waals surface area contributed by atoms with Crippen LogP contribution in [0.25, 0.3) is 0 Å². The van der Waals surface area contributed by atoms with Gasteiger partial charge < -0.3 is 15.8 Å². The van der Waals surface area contributed by atoms with Gasteiger partial charge in [-0.15, -0.1) is 6.58 Å². The molecular formula is C21H26FN3O2. The summed E-state index contributed by atoms with van der Waals surface area (Å²) in [5, 5.41) is 2.67. The van der Waals surface area contributed by atoms with Crippen LogP contribution in [0.2, 0.25) is 0 Å². The van der Waals surface area contributed by atoms with E-state index >= 15 is 0 Å². The molecule has 0 aliphatic heterocycles. The summed E-state index contributed by atoms with van der Waals surface area (Å²) >= 11 is 0. The first-order valence-electron chi connectivity index (χ1n) is 9.05. The molecule has 144 valence electrons. The Morgan fingerprint density at radius 1 is 1.30 bits per heavy atom. The van der Waals surface area contributed by atoms with Gasteiger partial charge in [0.2, 0.25) is 0 Å². The standard InChI is InChI=1S/C21H26FN3O2/c1-3-4-5-6-7-13-27-18-10-8-9-16(19(18)22)14-24-21(26)17-12-11-15(2)25-20(17)23/h3,8-12H,1,4-7,13-14H2,2H3,(H2,23,25)(H,24,26). The normalized spacial score (nSPS) is 10.4. The Hall–Kier alpha value is -2.89. The summed E-state index contributed by atoms with van der Waals surface area (Å²) in [6, 6.07) is 8.22. The number of rotatable bonds is 10. The van der Waals surface area contributed by atoms with Crippen LogP contribution in [0.3, 0.4) is 0 Å². The van der Waals surface area contributed by atoms with Gasteiger partial charge in [-0.05, 0) is 50.8 Å². The van der Waals surface area contributed by atoms with Gasteiger partial charge in [0, 0.05) is 17.8 Å². The molecule has 2 rings (SSSR count). The topological polar surface area (TPSA) is 77.2 Å². The van der Waals surface area contributed by atoms with Crippen LogP contribution in [0.5, 0.6) is 5.75 Å². The summed E-state index contributed by atoms with van der Waals surface area (Å²) < 4.78 is 20.1. The first kappa shape index (κ1) is 20.4. The second kappa shape index (κ2) is 10.3. The van der Waals surface area contributed by atoms with Gasteiger partial charge in [-0.1, -0.05) is 18.2 Å². The van der Waals surface area contributed by atoms with Crippen LogP contribution >= 0.6 is 0 Å². The molecule has 1 aromatic carbocycles. The molecule has 0 saturated carbocycles. The van der Waals surface area contributed by atoms with Crippen LogP contribution in [0, 0.1) is 12.7 Å². The van der Waals surface area contributed by atoms with Gasteiger partial charge in [-0.25, -0.2) is 9.37 Å². The number of nitrogens with one attached hydrogen (secondary N) is 1. The second-order valence-corrected chi connectivity index (χ2v) is 6.28. The monoisotopic (exact) mass is 371 g/mol. The Morgan fingerprint density at radius 3 is 2.85 bits per heavy atom. The van der Waals surface area contributed by atoms with Gasteiger partial charge in [0.05, 0.1) is 12.2 Å². The zero-order chi connectivity index (χ0) is 19.6. The minimum Gasteiger partial charge on any atom is -0.491 e. The molecule has 0 aliphatic carbocycles. The predicted molar refractivity (Wildman–Crippen MR) is 105 cm³/mol.